The molecule has 2 aromatic carbocycles. The summed E-state index contributed by atoms with van der Waals surface area (Å²) in [4.78, 5) is 0. The summed E-state index contributed by atoms with van der Waals surface area (Å²) in [6.45, 7) is 2.70. The molecular formula is C17H20O3. The molecule has 0 spiro atoms. The number of benzene rings is 2. The van der Waals surface area contributed by atoms with Crippen LogP contribution >= 0.6 is 0 Å². The normalized spacial score (nSPS) is 12.1. The van der Waals surface area contributed by atoms with E-state index in [1.165, 1.54) is 0 Å². The largest absolute Gasteiger partial charge is 0.468 e. The molecule has 3 heteroatoms. The van der Waals surface area contributed by atoms with Crippen LogP contribution in [0.4, 0.5) is 0 Å². The first kappa shape index (κ1) is 14.6. The Morgan fingerprint density at radius 1 is 1.00 bits per heavy atom. The van der Waals surface area contributed by atoms with Gasteiger partial charge in [0.25, 0.3) is 0 Å². The monoisotopic (exact) mass is 272 g/mol. The van der Waals surface area contributed by atoms with Crippen LogP contribution in [-0.2, 0) is 11.3 Å². The molecule has 20 heavy (non-hydrogen) atoms. The molecule has 0 amide bonds. The molecule has 0 fully saturated rings. The van der Waals surface area contributed by atoms with Crippen LogP contribution in [0.3, 0.4) is 0 Å². The van der Waals surface area contributed by atoms with E-state index in [9.17, 15) is 5.11 Å². The van der Waals surface area contributed by atoms with Gasteiger partial charge in [0.15, 0.2) is 6.79 Å². The predicted molar refractivity (Wildman–Crippen MR) is 78.4 cm³/mol. The van der Waals surface area contributed by atoms with Crippen molar-refractivity contribution >= 4 is 0 Å². The number of hydrogen-bond acceptors (Lipinski definition) is 3. The molecular weight excluding hydrogens is 252 g/mol. The zero-order valence-electron chi connectivity index (χ0n) is 11.7. The van der Waals surface area contributed by atoms with Gasteiger partial charge in [0.2, 0.25) is 0 Å². The standard InChI is InChI=1S/C17H20O3/c1-2-17(18)15-8-10-16(11-9-15)20-13-19-12-14-6-4-3-5-7-14/h3-11,17-18H,2,12-13H2,1H3. The van der Waals surface area contributed by atoms with Gasteiger partial charge in [0.05, 0.1) is 12.7 Å². The number of rotatable bonds is 7. The van der Waals surface area contributed by atoms with E-state index < -0.39 is 6.10 Å². The topological polar surface area (TPSA) is 38.7 Å². The highest BCUT2D eigenvalue weighted by molar-refractivity contribution is 5.28. The molecule has 0 aliphatic heterocycles. The van der Waals surface area contributed by atoms with Gasteiger partial charge in [0, 0.05) is 0 Å². The van der Waals surface area contributed by atoms with E-state index in [0.29, 0.717) is 13.0 Å². The van der Waals surface area contributed by atoms with E-state index in [2.05, 4.69) is 0 Å². The zero-order valence-corrected chi connectivity index (χ0v) is 11.7. The minimum absolute atomic E-state index is 0.213. The molecule has 2 rings (SSSR count). The molecule has 1 N–H and O–H groups in total. The Balaban J connectivity index is 1.74. The van der Waals surface area contributed by atoms with Crippen molar-refractivity contribution in [3.63, 3.8) is 0 Å². The van der Waals surface area contributed by atoms with Crippen molar-refractivity contribution in [2.45, 2.75) is 26.1 Å². The fraction of sp³-hybridized carbons (Fsp3) is 0.294. The number of aliphatic hydroxyl groups excluding tert-OH is 1. The van der Waals surface area contributed by atoms with Crippen molar-refractivity contribution in [2.24, 2.45) is 0 Å². The van der Waals surface area contributed by atoms with E-state index in [1.54, 1.807) is 0 Å². The van der Waals surface area contributed by atoms with Crippen molar-refractivity contribution in [1.29, 1.82) is 0 Å². The molecule has 1 unspecified atom stereocenters. The lowest BCUT2D eigenvalue weighted by Crippen LogP contribution is -2.03. The SMILES string of the molecule is CCC(O)c1ccc(OCOCc2ccccc2)cc1. The molecule has 1 atom stereocenters. The van der Waals surface area contributed by atoms with Gasteiger partial charge in [-0.15, -0.1) is 0 Å². The quantitative estimate of drug-likeness (QED) is 0.617. The number of ether oxygens (including phenoxy) is 2. The first-order valence-electron chi connectivity index (χ1n) is 6.82. The molecule has 106 valence electrons. The maximum atomic E-state index is 9.69. The van der Waals surface area contributed by atoms with Crippen LogP contribution in [0, 0.1) is 0 Å². The maximum absolute atomic E-state index is 9.69. The smallest absolute Gasteiger partial charge is 0.189 e. The van der Waals surface area contributed by atoms with E-state index in [0.717, 1.165) is 16.9 Å². The minimum Gasteiger partial charge on any atom is -0.468 e. The van der Waals surface area contributed by atoms with E-state index >= 15 is 0 Å². The second-order valence-corrected chi connectivity index (χ2v) is 4.59. The Labute approximate surface area is 119 Å². The number of hydrogen-bond donors (Lipinski definition) is 1. The molecule has 0 aromatic heterocycles. The zero-order chi connectivity index (χ0) is 14.2. The average Bonchev–Trinajstić information content (AvgIpc) is 2.52. The summed E-state index contributed by atoms with van der Waals surface area (Å²) in [6, 6.07) is 17.4. The summed E-state index contributed by atoms with van der Waals surface area (Å²) in [6.07, 6.45) is 0.304. The van der Waals surface area contributed by atoms with Crippen molar-refractivity contribution in [3.8, 4) is 5.75 Å². The van der Waals surface area contributed by atoms with Crippen molar-refractivity contribution in [2.75, 3.05) is 6.79 Å². The summed E-state index contributed by atoms with van der Waals surface area (Å²) in [5.41, 5.74) is 2.03. The lowest BCUT2D eigenvalue weighted by atomic mass is 10.1. The second kappa shape index (κ2) is 7.68. The third-order valence-corrected chi connectivity index (χ3v) is 3.07. The molecule has 0 saturated heterocycles. The van der Waals surface area contributed by atoms with Crippen molar-refractivity contribution in [3.05, 3.63) is 65.7 Å². The molecule has 0 heterocycles. The van der Waals surface area contributed by atoms with Gasteiger partial charge in [-0.05, 0) is 29.7 Å². The molecule has 0 radical (unpaired) electrons. The van der Waals surface area contributed by atoms with Crippen molar-refractivity contribution in [1.82, 2.24) is 0 Å². The number of aliphatic hydroxyl groups is 1. The lowest BCUT2D eigenvalue weighted by molar-refractivity contribution is 0.00502. The highest BCUT2D eigenvalue weighted by atomic mass is 16.7. The molecule has 2 aromatic rings. The van der Waals surface area contributed by atoms with Crippen LogP contribution < -0.4 is 4.74 Å². The first-order valence-corrected chi connectivity index (χ1v) is 6.82. The second-order valence-electron chi connectivity index (χ2n) is 4.59. The van der Waals surface area contributed by atoms with E-state index in [1.807, 2.05) is 61.5 Å². The van der Waals surface area contributed by atoms with Gasteiger partial charge in [-0.25, -0.2) is 0 Å². The van der Waals surface area contributed by atoms with E-state index in [4.69, 9.17) is 9.47 Å². The highest BCUT2D eigenvalue weighted by Gasteiger charge is 2.04. The Hall–Kier alpha value is -1.84. The van der Waals surface area contributed by atoms with Gasteiger partial charge < -0.3 is 14.6 Å². The van der Waals surface area contributed by atoms with Crippen LogP contribution in [-0.4, -0.2) is 11.9 Å². The third kappa shape index (κ3) is 4.37. The maximum Gasteiger partial charge on any atom is 0.189 e. The Kier molecular flexibility index (Phi) is 5.59. The van der Waals surface area contributed by atoms with Gasteiger partial charge in [0.1, 0.15) is 5.75 Å². The molecule has 0 aliphatic rings. The average molecular weight is 272 g/mol. The van der Waals surface area contributed by atoms with Crippen LogP contribution in [0.5, 0.6) is 5.75 Å². The summed E-state index contributed by atoms with van der Waals surface area (Å²) >= 11 is 0. The summed E-state index contributed by atoms with van der Waals surface area (Å²) in [7, 11) is 0. The van der Waals surface area contributed by atoms with Crippen molar-refractivity contribution < 1.29 is 14.6 Å². The fourth-order valence-electron chi connectivity index (χ4n) is 1.87. The van der Waals surface area contributed by atoms with Crippen LogP contribution in [0.1, 0.15) is 30.6 Å². The molecule has 0 aliphatic carbocycles. The summed E-state index contributed by atoms with van der Waals surface area (Å²) < 4.78 is 10.9. The predicted octanol–water partition coefficient (Wildman–Crippen LogP) is 3.68. The highest BCUT2D eigenvalue weighted by Crippen LogP contribution is 2.19. The molecule has 0 saturated carbocycles. The van der Waals surface area contributed by atoms with Gasteiger partial charge in [-0.1, -0.05) is 49.4 Å². The van der Waals surface area contributed by atoms with Gasteiger partial charge in [-0.2, -0.15) is 0 Å². The molecule has 0 bridgehead atoms. The minimum atomic E-state index is -0.404. The Morgan fingerprint density at radius 2 is 1.70 bits per heavy atom. The lowest BCUT2D eigenvalue weighted by Gasteiger charge is -2.10. The molecule has 3 nitrogen and oxygen atoms in total. The summed E-state index contributed by atoms with van der Waals surface area (Å²) in [5, 5.41) is 9.69. The first-order chi connectivity index (χ1) is 9.79. The fourth-order valence-corrected chi connectivity index (χ4v) is 1.87. The van der Waals surface area contributed by atoms with Crippen LogP contribution in [0.25, 0.3) is 0 Å². The summed E-state index contributed by atoms with van der Waals surface area (Å²) in [5.74, 6) is 0.741. The van der Waals surface area contributed by atoms with E-state index in [-0.39, 0.29) is 6.79 Å². The van der Waals surface area contributed by atoms with Crippen LogP contribution in [0.2, 0.25) is 0 Å². The van der Waals surface area contributed by atoms with Gasteiger partial charge >= 0.3 is 0 Å². The Bertz CT molecular complexity index is 493. The van der Waals surface area contributed by atoms with Crippen LogP contribution in [0.15, 0.2) is 54.6 Å². The van der Waals surface area contributed by atoms with Gasteiger partial charge in [-0.3, -0.25) is 0 Å². The third-order valence-electron chi connectivity index (χ3n) is 3.07. The Morgan fingerprint density at radius 3 is 2.35 bits per heavy atom.